The number of thiazole rings is 1. The van der Waals surface area contributed by atoms with Crippen LogP contribution in [-0.4, -0.2) is 38.9 Å². The molecule has 0 aliphatic heterocycles. The summed E-state index contributed by atoms with van der Waals surface area (Å²) in [7, 11) is -4.44. The van der Waals surface area contributed by atoms with E-state index >= 15 is 4.39 Å². The molecule has 0 saturated heterocycles. The lowest BCUT2D eigenvalue weighted by Crippen LogP contribution is -2.16. The topological polar surface area (TPSA) is 123 Å². The number of anilines is 1. The fraction of sp³-hybridized carbons (Fsp3) is 0. The Balaban J connectivity index is 1.36. The Morgan fingerprint density at radius 3 is 2.70 bits per heavy atom. The lowest BCUT2D eigenvalue weighted by molar-refractivity contribution is 0.103. The first-order chi connectivity index (χ1) is 19.2. The Bertz CT molecular complexity index is 2020. The molecule has 0 radical (unpaired) electrons. The predicted octanol–water partition coefficient (Wildman–Crippen LogP) is 5.32. The summed E-state index contributed by atoms with van der Waals surface area (Å²) in [5.41, 5.74) is -0.348. The largest absolute Gasteiger partial charge is 0.345 e. The highest BCUT2D eigenvalue weighted by Gasteiger charge is 2.27. The fourth-order valence-corrected chi connectivity index (χ4v) is 5.89. The number of H-pyrrole nitrogens is 1. The van der Waals surface area contributed by atoms with Gasteiger partial charge in [0, 0.05) is 46.7 Å². The van der Waals surface area contributed by atoms with Crippen LogP contribution >= 0.6 is 11.3 Å². The van der Waals surface area contributed by atoms with Crippen LogP contribution in [0, 0.1) is 17.5 Å². The van der Waals surface area contributed by atoms with Crippen molar-refractivity contribution in [1.82, 2.24) is 24.7 Å². The summed E-state index contributed by atoms with van der Waals surface area (Å²) in [6.45, 7) is 0. The molecule has 0 unspecified atom stereocenters. The van der Waals surface area contributed by atoms with Crippen LogP contribution < -0.4 is 4.72 Å². The summed E-state index contributed by atoms with van der Waals surface area (Å²) in [5.74, 6) is -4.48. The molecule has 6 rings (SSSR count). The van der Waals surface area contributed by atoms with Crippen molar-refractivity contribution in [3.63, 3.8) is 0 Å². The molecule has 6 aromatic rings. The van der Waals surface area contributed by atoms with E-state index in [2.05, 4.69) is 20.1 Å². The number of ketones is 1. The smallest absolute Gasteiger partial charge is 0.262 e. The van der Waals surface area contributed by atoms with Gasteiger partial charge in [0.15, 0.2) is 5.82 Å². The highest BCUT2D eigenvalue weighted by atomic mass is 32.2. The average Bonchev–Trinajstić information content (AvgIpc) is 3.70. The number of hydrogen-bond acceptors (Lipinski definition) is 7. The van der Waals surface area contributed by atoms with Crippen molar-refractivity contribution >= 4 is 43.9 Å². The standard InChI is InChI=1S/C26H15F3N6O3S2/c27-15-3-1-4-16(10-15)40(37,38)34-20-6-5-19(28)22(23(20)29)24(36)18-12-31-25-17(18)9-14(11-30-25)21-13-39-26(33-21)35-8-2-7-32-35/h1-13,34H,(H,30,31). The highest BCUT2D eigenvalue weighted by molar-refractivity contribution is 7.92. The Morgan fingerprint density at radius 2 is 1.93 bits per heavy atom. The second-order valence-corrected chi connectivity index (χ2v) is 11.0. The van der Waals surface area contributed by atoms with Crippen LogP contribution in [0.2, 0.25) is 0 Å². The molecule has 0 aliphatic carbocycles. The van der Waals surface area contributed by atoms with Gasteiger partial charge in [-0.05, 0) is 42.5 Å². The first-order valence-electron chi connectivity index (χ1n) is 11.5. The van der Waals surface area contributed by atoms with Gasteiger partial charge < -0.3 is 4.98 Å². The first kappa shape index (κ1) is 25.5. The average molecular weight is 581 g/mol. The molecule has 0 bridgehead atoms. The SMILES string of the molecule is O=C(c1c(F)ccc(NS(=O)(=O)c2cccc(F)c2)c1F)c1c[nH]c2ncc(-c3csc(-n4cccn4)n3)cc12. The molecule has 4 aromatic heterocycles. The molecule has 2 aromatic carbocycles. The number of carbonyl (C=O) groups is 1. The first-order valence-corrected chi connectivity index (χ1v) is 13.8. The number of carbonyl (C=O) groups excluding carboxylic acids is 1. The van der Waals surface area contributed by atoms with E-state index < -0.39 is 49.4 Å². The van der Waals surface area contributed by atoms with Crippen molar-refractivity contribution in [2.75, 3.05) is 4.72 Å². The van der Waals surface area contributed by atoms with Crippen molar-refractivity contribution < 1.29 is 26.4 Å². The van der Waals surface area contributed by atoms with Crippen molar-refractivity contribution in [2.45, 2.75) is 4.90 Å². The van der Waals surface area contributed by atoms with Gasteiger partial charge in [0.05, 0.1) is 21.8 Å². The zero-order chi connectivity index (χ0) is 28.0. The maximum absolute atomic E-state index is 15.5. The molecule has 0 atom stereocenters. The molecule has 9 nitrogen and oxygen atoms in total. The van der Waals surface area contributed by atoms with Crippen LogP contribution in [0.4, 0.5) is 18.9 Å². The van der Waals surface area contributed by atoms with Gasteiger partial charge in [-0.15, -0.1) is 11.3 Å². The van der Waals surface area contributed by atoms with Gasteiger partial charge in [-0.2, -0.15) is 5.10 Å². The molecule has 0 amide bonds. The normalized spacial score (nSPS) is 11.7. The maximum Gasteiger partial charge on any atom is 0.262 e. The van der Waals surface area contributed by atoms with Gasteiger partial charge in [0.2, 0.25) is 10.9 Å². The molecule has 40 heavy (non-hydrogen) atoms. The van der Waals surface area contributed by atoms with Gasteiger partial charge in [-0.25, -0.2) is 36.2 Å². The van der Waals surface area contributed by atoms with Crippen LogP contribution in [-0.2, 0) is 10.0 Å². The maximum atomic E-state index is 15.5. The molecule has 0 spiro atoms. The predicted molar refractivity (Wildman–Crippen MR) is 141 cm³/mol. The van der Waals surface area contributed by atoms with Crippen molar-refractivity contribution in [2.24, 2.45) is 0 Å². The number of rotatable bonds is 7. The summed E-state index contributed by atoms with van der Waals surface area (Å²) in [6, 6.07) is 9.04. The number of hydrogen-bond donors (Lipinski definition) is 2. The summed E-state index contributed by atoms with van der Waals surface area (Å²) < 4.78 is 72.8. The van der Waals surface area contributed by atoms with E-state index in [1.807, 2.05) is 4.72 Å². The summed E-state index contributed by atoms with van der Waals surface area (Å²) in [5, 5.41) is 6.80. The molecule has 2 N–H and O–H groups in total. The number of nitrogens with zero attached hydrogens (tertiary/aromatic N) is 4. The van der Waals surface area contributed by atoms with Crippen molar-refractivity contribution in [1.29, 1.82) is 0 Å². The summed E-state index contributed by atoms with van der Waals surface area (Å²) in [4.78, 5) is 24.6. The molecule has 4 heterocycles. The van der Waals surface area contributed by atoms with E-state index in [0.717, 1.165) is 30.3 Å². The molecular weight excluding hydrogens is 565 g/mol. The second kappa shape index (κ2) is 9.73. The third-order valence-electron chi connectivity index (χ3n) is 5.93. The molecule has 0 fully saturated rings. The number of benzene rings is 2. The van der Waals surface area contributed by atoms with E-state index in [0.29, 0.717) is 22.0 Å². The summed E-state index contributed by atoms with van der Waals surface area (Å²) >= 11 is 1.34. The number of nitrogens with one attached hydrogen (secondary N) is 2. The zero-order valence-corrected chi connectivity index (χ0v) is 21.6. The van der Waals surface area contributed by atoms with Crippen LogP contribution in [0.25, 0.3) is 27.4 Å². The number of sulfonamides is 1. The minimum absolute atomic E-state index is 0.0881. The quantitative estimate of drug-likeness (QED) is 0.247. The Morgan fingerprint density at radius 1 is 1.07 bits per heavy atom. The van der Waals surface area contributed by atoms with Gasteiger partial charge in [0.1, 0.15) is 17.3 Å². The number of fused-ring (bicyclic) bond motifs is 1. The molecule has 14 heteroatoms. The van der Waals surface area contributed by atoms with Crippen LogP contribution in [0.5, 0.6) is 0 Å². The van der Waals surface area contributed by atoms with Crippen molar-refractivity contribution in [3.8, 4) is 16.4 Å². The van der Waals surface area contributed by atoms with E-state index in [-0.39, 0.29) is 10.9 Å². The van der Waals surface area contributed by atoms with E-state index in [1.165, 1.54) is 29.8 Å². The van der Waals surface area contributed by atoms with Crippen LogP contribution in [0.15, 0.2) is 83.6 Å². The number of pyridine rings is 1. The van der Waals surface area contributed by atoms with Gasteiger partial charge in [-0.3, -0.25) is 9.52 Å². The third-order valence-corrected chi connectivity index (χ3v) is 8.13. The second-order valence-electron chi connectivity index (χ2n) is 8.46. The van der Waals surface area contributed by atoms with E-state index in [4.69, 9.17) is 0 Å². The van der Waals surface area contributed by atoms with Crippen LogP contribution in [0.1, 0.15) is 15.9 Å². The zero-order valence-electron chi connectivity index (χ0n) is 20.0. The number of halogens is 3. The molecule has 0 saturated carbocycles. The third kappa shape index (κ3) is 4.52. The minimum atomic E-state index is -4.44. The summed E-state index contributed by atoms with van der Waals surface area (Å²) in [6.07, 6.45) is 6.16. The Kier molecular flexibility index (Phi) is 6.19. The number of aromatic nitrogens is 5. The number of aromatic amines is 1. The Hall–Kier alpha value is -4.82. The van der Waals surface area contributed by atoms with Gasteiger partial charge >= 0.3 is 0 Å². The van der Waals surface area contributed by atoms with E-state index in [1.54, 1.807) is 34.6 Å². The van der Waals surface area contributed by atoms with E-state index in [9.17, 15) is 22.0 Å². The lowest BCUT2D eigenvalue weighted by Gasteiger charge is -2.12. The highest BCUT2D eigenvalue weighted by Crippen LogP contribution is 2.31. The monoisotopic (exact) mass is 580 g/mol. The fourth-order valence-electron chi connectivity index (χ4n) is 4.03. The van der Waals surface area contributed by atoms with Crippen LogP contribution in [0.3, 0.4) is 0 Å². The minimum Gasteiger partial charge on any atom is -0.345 e. The molecule has 200 valence electrons. The molecule has 0 aliphatic rings. The van der Waals surface area contributed by atoms with Crippen molar-refractivity contribution in [3.05, 3.63) is 107 Å². The Labute approximate surface area is 228 Å². The molecular formula is C26H15F3N6O3S2. The van der Waals surface area contributed by atoms with Gasteiger partial charge in [0.25, 0.3) is 10.0 Å². The lowest BCUT2D eigenvalue weighted by atomic mass is 10.0. The van der Waals surface area contributed by atoms with Gasteiger partial charge in [-0.1, -0.05) is 6.07 Å².